The van der Waals surface area contributed by atoms with Crippen LogP contribution < -0.4 is 4.90 Å². The second kappa shape index (κ2) is 7.02. The molecule has 7 heteroatoms. The van der Waals surface area contributed by atoms with Crippen molar-refractivity contribution in [2.75, 3.05) is 18.5 Å². The molecule has 0 aliphatic rings. The Balaban J connectivity index is 2.44. The first-order chi connectivity index (χ1) is 10.9. The fourth-order valence-electron chi connectivity index (χ4n) is 2.08. The summed E-state index contributed by atoms with van der Waals surface area (Å²) in [7, 11) is 1.39. The van der Waals surface area contributed by atoms with Gasteiger partial charge in [-0.3, -0.25) is 19.7 Å². The van der Waals surface area contributed by atoms with Crippen molar-refractivity contribution in [1.29, 1.82) is 0 Å². The molecular weight excluding hydrogens is 320 g/mol. The summed E-state index contributed by atoms with van der Waals surface area (Å²) >= 11 is 5.95. The van der Waals surface area contributed by atoms with Gasteiger partial charge in [0.25, 0.3) is 12.5 Å². The van der Waals surface area contributed by atoms with E-state index in [-0.39, 0.29) is 17.0 Å². The minimum atomic E-state index is -0.849. The molecule has 0 fully saturated rings. The molecule has 2 aromatic rings. The lowest BCUT2D eigenvalue weighted by Gasteiger charge is -2.19. The molecule has 0 atom stereocenters. The Kier molecular flexibility index (Phi) is 5.08. The molecule has 1 amide bonds. The molecule has 0 heterocycles. The van der Waals surface area contributed by atoms with Crippen LogP contribution in [0.4, 0.5) is 5.69 Å². The zero-order valence-corrected chi connectivity index (χ0v) is 13.0. The molecule has 0 saturated heterocycles. The van der Waals surface area contributed by atoms with E-state index < -0.39 is 17.4 Å². The Morgan fingerprint density at radius 3 is 2.43 bits per heavy atom. The highest BCUT2D eigenvalue weighted by Crippen LogP contribution is 2.26. The van der Waals surface area contributed by atoms with Crippen LogP contribution in [0.2, 0.25) is 5.02 Å². The molecule has 6 nitrogen and oxygen atoms in total. The number of hydrogen-bond donors (Lipinski definition) is 0. The van der Waals surface area contributed by atoms with Gasteiger partial charge in [-0.15, -0.1) is 0 Å². The second-order valence-electron chi connectivity index (χ2n) is 4.80. The predicted octanol–water partition coefficient (Wildman–Crippen LogP) is 2.81. The summed E-state index contributed by atoms with van der Waals surface area (Å²) in [5.74, 6) is -1.04. The number of carbonyl (C=O) groups excluding carboxylic acids is 2. The van der Waals surface area contributed by atoms with E-state index >= 15 is 0 Å². The molecule has 0 unspecified atom stereocenters. The maximum absolute atomic E-state index is 12.6. The normalized spacial score (nSPS) is 10.2. The number of ketones is 1. The number of anilines is 1. The molecular formula is C16H13ClN2O4. The summed E-state index contributed by atoms with van der Waals surface area (Å²) in [5.41, 5.74) is 0.921. The van der Waals surface area contributed by atoms with Crippen molar-refractivity contribution in [3.8, 4) is 0 Å². The van der Waals surface area contributed by atoms with Crippen molar-refractivity contribution < 1.29 is 14.5 Å². The number of halogens is 1. The van der Waals surface area contributed by atoms with E-state index in [9.17, 15) is 19.7 Å². The van der Waals surface area contributed by atoms with Crippen molar-refractivity contribution in [2.24, 2.45) is 0 Å². The van der Waals surface area contributed by atoms with Gasteiger partial charge in [-0.1, -0.05) is 41.9 Å². The predicted molar refractivity (Wildman–Crippen MR) is 86.6 cm³/mol. The first-order valence-electron chi connectivity index (χ1n) is 6.68. The van der Waals surface area contributed by atoms with Gasteiger partial charge in [-0.2, -0.15) is 0 Å². The molecule has 2 aromatic carbocycles. The number of nitrogens with zero attached hydrogens (tertiary/aromatic N) is 2. The van der Waals surface area contributed by atoms with E-state index in [2.05, 4.69) is 0 Å². The topological polar surface area (TPSA) is 80.5 Å². The lowest BCUT2D eigenvalue weighted by molar-refractivity contribution is -0.467. The van der Waals surface area contributed by atoms with E-state index in [0.29, 0.717) is 10.6 Å². The average Bonchev–Trinajstić information content (AvgIpc) is 2.53. The van der Waals surface area contributed by atoms with Gasteiger partial charge in [0.1, 0.15) is 0 Å². The highest BCUT2D eigenvalue weighted by Gasteiger charge is 2.22. The summed E-state index contributed by atoms with van der Waals surface area (Å²) in [6.07, 6.45) is 0. The third-order valence-electron chi connectivity index (χ3n) is 3.24. The van der Waals surface area contributed by atoms with Crippen LogP contribution in [-0.2, 0) is 4.79 Å². The molecule has 23 heavy (non-hydrogen) atoms. The molecule has 0 N–H and O–H groups in total. The Morgan fingerprint density at radius 2 is 1.83 bits per heavy atom. The molecule has 0 aromatic heterocycles. The van der Waals surface area contributed by atoms with Gasteiger partial charge in [0.2, 0.25) is 0 Å². The van der Waals surface area contributed by atoms with Crippen molar-refractivity contribution >= 4 is 29.0 Å². The van der Waals surface area contributed by atoms with Crippen molar-refractivity contribution in [3.05, 3.63) is 74.8 Å². The van der Waals surface area contributed by atoms with Gasteiger partial charge in [-0.05, 0) is 18.2 Å². The first kappa shape index (κ1) is 16.6. The maximum atomic E-state index is 12.6. The quantitative estimate of drug-likeness (QED) is 0.479. The SMILES string of the molecule is CN(C(=O)C[N+](=O)[O-])c1ccc(Cl)cc1C(=O)c1ccccc1. The van der Waals surface area contributed by atoms with E-state index in [1.165, 1.54) is 25.2 Å². The molecule has 0 aliphatic carbocycles. The van der Waals surface area contributed by atoms with Crippen LogP contribution in [0.1, 0.15) is 15.9 Å². The Hall–Kier alpha value is -2.73. The molecule has 0 bridgehead atoms. The molecule has 0 aliphatic heterocycles. The number of likely N-dealkylation sites (N-methyl/N-ethyl adjacent to an activating group) is 1. The highest BCUT2D eigenvalue weighted by molar-refractivity contribution is 6.31. The molecule has 0 radical (unpaired) electrons. The van der Waals surface area contributed by atoms with Crippen molar-refractivity contribution in [3.63, 3.8) is 0 Å². The average molecular weight is 333 g/mol. The van der Waals surface area contributed by atoms with E-state index in [0.717, 1.165) is 4.90 Å². The Labute approximate surface area is 137 Å². The summed E-state index contributed by atoms with van der Waals surface area (Å²) in [6.45, 7) is -0.849. The van der Waals surface area contributed by atoms with Crippen LogP contribution in [0.15, 0.2) is 48.5 Å². The number of carbonyl (C=O) groups is 2. The zero-order chi connectivity index (χ0) is 17.0. The van der Waals surface area contributed by atoms with E-state index in [4.69, 9.17) is 11.6 Å². The minimum Gasteiger partial charge on any atom is -0.309 e. The van der Waals surface area contributed by atoms with Crippen LogP contribution >= 0.6 is 11.6 Å². The zero-order valence-electron chi connectivity index (χ0n) is 12.2. The first-order valence-corrected chi connectivity index (χ1v) is 7.05. The second-order valence-corrected chi connectivity index (χ2v) is 5.24. The Bertz CT molecular complexity index is 762. The summed E-state index contributed by atoms with van der Waals surface area (Å²) < 4.78 is 0. The molecule has 0 spiro atoms. The number of benzene rings is 2. The molecule has 0 saturated carbocycles. The lowest BCUT2D eigenvalue weighted by atomic mass is 10.0. The van der Waals surface area contributed by atoms with Crippen molar-refractivity contribution in [1.82, 2.24) is 0 Å². The Morgan fingerprint density at radius 1 is 1.17 bits per heavy atom. The van der Waals surface area contributed by atoms with Gasteiger partial charge >= 0.3 is 0 Å². The summed E-state index contributed by atoms with van der Waals surface area (Å²) in [6, 6.07) is 13.0. The number of hydrogen-bond acceptors (Lipinski definition) is 4. The van der Waals surface area contributed by atoms with Gasteiger partial charge in [0.05, 0.1) is 5.69 Å². The standard InChI is InChI=1S/C16H13ClN2O4/c1-18(15(20)10-19(22)23)14-8-7-12(17)9-13(14)16(21)11-5-3-2-4-6-11/h2-9H,10H2,1H3. The van der Waals surface area contributed by atoms with Crippen LogP contribution in [0.25, 0.3) is 0 Å². The lowest BCUT2D eigenvalue weighted by Crippen LogP contribution is -2.33. The third-order valence-corrected chi connectivity index (χ3v) is 3.47. The van der Waals surface area contributed by atoms with Crippen LogP contribution in [0.3, 0.4) is 0 Å². The van der Waals surface area contributed by atoms with Gasteiger partial charge in [0, 0.05) is 28.1 Å². The summed E-state index contributed by atoms with van der Waals surface area (Å²) in [5, 5.41) is 10.8. The van der Waals surface area contributed by atoms with E-state index in [1.807, 2.05) is 0 Å². The van der Waals surface area contributed by atoms with Crippen molar-refractivity contribution in [2.45, 2.75) is 0 Å². The van der Waals surface area contributed by atoms with Crippen LogP contribution in [-0.4, -0.2) is 30.2 Å². The highest BCUT2D eigenvalue weighted by atomic mass is 35.5. The third kappa shape index (κ3) is 3.92. The maximum Gasteiger partial charge on any atom is 0.298 e. The molecule has 118 valence electrons. The number of amides is 1. The number of nitro groups is 1. The largest absolute Gasteiger partial charge is 0.309 e. The molecule has 2 rings (SSSR count). The fourth-order valence-corrected chi connectivity index (χ4v) is 2.25. The van der Waals surface area contributed by atoms with Gasteiger partial charge in [0.15, 0.2) is 5.78 Å². The minimum absolute atomic E-state index is 0.211. The fraction of sp³-hybridized carbons (Fsp3) is 0.125. The summed E-state index contributed by atoms with van der Waals surface area (Å²) in [4.78, 5) is 35.4. The van der Waals surface area contributed by atoms with Gasteiger partial charge < -0.3 is 4.90 Å². The smallest absolute Gasteiger partial charge is 0.298 e. The van der Waals surface area contributed by atoms with Crippen LogP contribution in [0.5, 0.6) is 0 Å². The monoisotopic (exact) mass is 332 g/mol. The van der Waals surface area contributed by atoms with Gasteiger partial charge in [-0.25, -0.2) is 0 Å². The van der Waals surface area contributed by atoms with Crippen LogP contribution in [0, 0.1) is 10.1 Å². The van der Waals surface area contributed by atoms with E-state index in [1.54, 1.807) is 30.3 Å². The number of rotatable bonds is 5.